The van der Waals surface area contributed by atoms with Gasteiger partial charge in [0, 0.05) is 12.6 Å². The number of nitrogens with one attached hydrogen (secondary N) is 1. The van der Waals surface area contributed by atoms with Gasteiger partial charge in [-0.1, -0.05) is 0 Å². The molecule has 2 rings (SSSR count). The Morgan fingerprint density at radius 1 is 1.48 bits per heavy atom. The van der Waals surface area contributed by atoms with Crippen LogP contribution in [0.3, 0.4) is 0 Å². The van der Waals surface area contributed by atoms with Crippen molar-refractivity contribution < 1.29 is 27.8 Å². The molecule has 1 aliphatic rings. The molecule has 1 aromatic rings. The fourth-order valence-corrected chi connectivity index (χ4v) is 4.65. The summed E-state index contributed by atoms with van der Waals surface area (Å²) in [6.45, 7) is 7.25. The van der Waals surface area contributed by atoms with Crippen LogP contribution < -0.4 is 4.72 Å². The van der Waals surface area contributed by atoms with Crippen LogP contribution in [0.1, 0.15) is 37.7 Å². The van der Waals surface area contributed by atoms with E-state index in [1.54, 1.807) is 18.5 Å². The van der Waals surface area contributed by atoms with Gasteiger partial charge in [0.2, 0.25) is 10.0 Å². The van der Waals surface area contributed by atoms with Gasteiger partial charge in [0.15, 0.2) is 0 Å². The number of aromatic nitrogens is 2. The average molecular weight is 375 g/mol. The fraction of sp³-hybridized carbons (Fsp3) is 0.733. The van der Waals surface area contributed by atoms with Gasteiger partial charge in [0.1, 0.15) is 11.5 Å². The van der Waals surface area contributed by atoms with E-state index in [9.17, 15) is 13.2 Å². The lowest BCUT2D eigenvalue weighted by atomic mass is 10.1. The predicted molar refractivity (Wildman–Crippen MR) is 89.0 cm³/mol. The highest BCUT2D eigenvalue weighted by Crippen LogP contribution is 2.23. The van der Waals surface area contributed by atoms with Crippen LogP contribution in [-0.4, -0.2) is 61.2 Å². The third kappa shape index (κ3) is 4.57. The lowest BCUT2D eigenvalue weighted by molar-refractivity contribution is -0.147. The summed E-state index contributed by atoms with van der Waals surface area (Å²) in [5, 5.41) is 13.1. The van der Waals surface area contributed by atoms with Gasteiger partial charge in [-0.3, -0.25) is 4.68 Å². The lowest BCUT2D eigenvalue weighted by Gasteiger charge is -2.31. The summed E-state index contributed by atoms with van der Waals surface area (Å²) in [6, 6.07) is -0.619. The standard InChI is InChI=1S/C15H25N3O6S/c1-9(2)18-11(4)15(10(3)16-18)25(21,22)17-12-7-23-6-5-13(12)24-8-14(19)20/h9,12-13,17H,5-8H2,1-4H3,(H,19,20)/t12-,13+/m1/s1. The molecule has 0 radical (unpaired) electrons. The first-order valence-electron chi connectivity index (χ1n) is 8.12. The number of aliphatic carboxylic acids is 1. The molecule has 9 nitrogen and oxygen atoms in total. The number of ether oxygens (including phenoxy) is 2. The van der Waals surface area contributed by atoms with E-state index in [-0.39, 0.29) is 17.5 Å². The fourth-order valence-electron chi connectivity index (χ4n) is 3.00. The number of nitrogens with zero attached hydrogens (tertiary/aromatic N) is 2. The molecule has 0 bridgehead atoms. The smallest absolute Gasteiger partial charge is 0.329 e. The van der Waals surface area contributed by atoms with Crippen LogP contribution in [-0.2, 0) is 24.3 Å². The van der Waals surface area contributed by atoms with Crippen molar-refractivity contribution in [1.29, 1.82) is 0 Å². The zero-order chi connectivity index (χ0) is 18.8. The number of hydrogen-bond donors (Lipinski definition) is 2. The number of carboxylic acid groups (broad SMARTS) is 1. The topological polar surface area (TPSA) is 120 Å². The number of carboxylic acids is 1. The summed E-state index contributed by atoms with van der Waals surface area (Å²) < 4.78 is 40.6. The highest BCUT2D eigenvalue weighted by Gasteiger charge is 2.34. The van der Waals surface area contributed by atoms with Crippen LogP contribution in [0.2, 0.25) is 0 Å². The van der Waals surface area contributed by atoms with Crippen LogP contribution in [0.5, 0.6) is 0 Å². The van der Waals surface area contributed by atoms with Crippen LogP contribution >= 0.6 is 0 Å². The Labute approximate surface area is 147 Å². The third-order valence-electron chi connectivity index (χ3n) is 4.04. The monoisotopic (exact) mass is 375 g/mol. The van der Waals surface area contributed by atoms with E-state index < -0.39 is 34.7 Å². The quantitative estimate of drug-likeness (QED) is 0.717. The number of hydrogen-bond acceptors (Lipinski definition) is 6. The van der Waals surface area contributed by atoms with E-state index in [4.69, 9.17) is 14.6 Å². The summed E-state index contributed by atoms with van der Waals surface area (Å²) in [6.07, 6.45) is -0.135. The molecular weight excluding hydrogens is 350 g/mol. The Bertz CT molecular complexity index is 728. The zero-order valence-electron chi connectivity index (χ0n) is 14.9. The van der Waals surface area contributed by atoms with Crippen molar-refractivity contribution in [2.24, 2.45) is 0 Å². The normalized spacial score (nSPS) is 21.6. The Morgan fingerprint density at radius 2 is 2.16 bits per heavy atom. The molecule has 0 amide bonds. The van der Waals surface area contributed by atoms with E-state index >= 15 is 0 Å². The largest absolute Gasteiger partial charge is 0.480 e. The molecule has 0 aromatic carbocycles. The number of aryl methyl sites for hydroxylation is 1. The molecule has 1 fully saturated rings. The minimum absolute atomic E-state index is 0.0345. The summed E-state index contributed by atoms with van der Waals surface area (Å²) in [5.74, 6) is -1.10. The van der Waals surface area contributed by atoms with Gasteiger partial charge >= 0.3 is 5.97 Å². The van der Waals surface area contributed by atoms with Crippen LogP contribution in [0, 0.1) is 13.8 Å². The molecule has 25 heavy (non-hydrogen) atoms. The van der Waals surface area contributed by atoms with Crippen molar-refractivity contribution in [3.63, 3.8) is 0 Å². The van der Waals surface area contributed by atoms with Gasteiger partial charge in [-0.2, -0.15) is 5.10 Å². The predicted octanol–water partition coefficient (Wildman–Crippen LogP) is 0.618. The second kappa shape index (κ2) is 7.81. The Kier molecular flexibility index (Phi) is 6.20. The molecule has 0 saturated carbocycles. The number of rotatable bonds is 7. The molecule has 142 valence electrons. The van der Waals surface area contributed by atoms with Crippen LogP contribution in [0.25, 0.3) is 0 Å². The van der Waals surface area contributed by atoms with Crippen molar-refractivity contribution in [2.75, 3.05) is 19.8 Å². The van der Waals surface area contributed by atoms with Gasteiger partial charge in [-0.15, -0.1) is 0 Å². The summed E-state index contributed by atoms with van der Waals surface area (Å²) in [7, 11) is -3.85. The molecule has 1 saturated heterocycles. The molecule has 2 heterocycles. The van der Waals surface area contributed by atoms with Crippen molar-refractivity contribution in [2.45, 2.75) is 57.2 Å². The van der Waals surface area contributed by atoms with E-state index in [1.165, 1.54) is 0 Å². The zero-order valence-corrected chi connectivity index (χ0v) is 15.7. The van der Waals surface area contributed by atoms with E-state index in [0.29, 0.717) is 24.4 Å². The molecule has 2 N–H and O–H groups in total. The highest BCUT2D eigenvalue weighted by molar-refractivity contribution is 7.89. The van der Waals surface area contributed by atoms with Gasteiger partial charge in [-0.25, -0.2) is 17.9 Å². The summed E-state index contributed by atoms with van der Waals surface area (Å²) in [5.41, 5.74) is 0.971. The third-order valence-corrected chi connectivity index (χ3v) is 5.78. The van der Waals surface area contributed by atoms with Crippen LogP contribution in [0.4, 0.5) is 0 Å². The lowest BCUT2D eigenvalue weighted by Crippen LogP contribution is -2.51. The maximum atomic E-state index is 12.9. The number of carbonyl (C=O) groups is 1. The molecule has 1 aliphatic heterocycles. The van der Waals surface area contributed by atoms with Crippen molar-refractivity contribution in [1.82, 2.24) is 14.5 Å². The molecule has 0 unspecified atom stereocenters. The van der Waals surface area contributed by atoms with Crippen LogP contribution in [0.15, 0.2) is 4.90 Å². The molecular formula is C15H25N3O6S. The first-order valence-corrected chi connectivity index (χ1v) is 9.61. The summed E-state index contributed by atoms with van der Waals surface area (Å²) in [4.78, 5) is 10.8. The first-order chi connectivity index (χ1) is 11.6. The Balaban J connectivity index is 2.23. The Hall–Kier alpha value is -1.49. The van der Waals surface area contributed by atoms with Gasteiger partial charge < -0.3 is 14.6 Å². The van der Waals surface area contributed by atoms with E-state index in [2.05, 4.69) is 9.82 Å². The molecule has 2 atom stereocenters. The number of sulfonamides is 1. The minimum atomic E-state index is -3.85. The maximum Gasteiger partial charge on any atom is 0.329 e. The highest BCUT2D eigenvalue weighted by atomic mass is 32.2. The first kappa shape index (κ1) is 19.8. The van der Waals surface area contributed by atoms with Gasteiger partial charge in [0.05, 0.1) is 30.1 Å². The van der Waals surface area contributed by atoms with Crippen molar-refractivity contribution in [3.05, 3.63) is 11.4 Å². The molecule has 0 aliphatic carbocycles. The SMILES string of the molecule is Cc1nn(C(C)C)c(C)c1S(=O)(=O)N[C@@H]1COCC[C@@H]1OCC(=O)O. The van der Waals surface area contributed by atoms with E-state index in [0.717, 1.165) is 0 Å². The van der Waals surface area contributed by atoms with Crippen molar-refractivity contribution in [3.8, 4) is 0 Å². The molecule has 10 heteroatoms. The van der Waals surface area contributed by atoms with Gasteiger partial charge in [-0.05, 0) is 34.1 Å². The van der Waals surface area contributed by atoms with Gasteiger partial charge in [0.25, 0.3) is 0 Å². The minimum Gasteiger partial charge on any atom is -0.480 e. The van der Waals surface area contributed by atoms with Crippen molar-refractivity contribution >= 4 is 16.0 Å². The Morgan fingerprint density at radius 3 is 2.72 bits per heavy atom. The second-order valence-corrected chi connectivity index (χ2v) is 8.02. The summed E-state index contributed by atoms with van der Waals surface area (Å²) >= 11 is 0. The molecule has 1 aromatic heterocycles. The maximum absolute atomic E-state index is 12.9. The van der Waals surface area contributed by atoms with E-state index in [1.807, 2.05) is 13.8 Å². The average Bonchev–Trinajstić information content (AvgIpc) is 2.81. The molecule has 0 spiro atoms. The second-order valence-electron chi connectivity index (χ2n) is 6.37.